The molecule has 1 aromatic carbocycles. The summed E-state index contributed by atoms with van der Waals surface area (Å²) in [5.74, 6) is -0.249. The third kappa shape index (κ3) is 3.76. The van der Waals surface area contributed by atoms with Crippen molar-refractivity contribution in [2.24, 2.45) is 5.73 Å². The summed E-state index contributed by atoms with van der Waals surface area (Å²) < 4.78 is 5.69. The van der Waals surface area contributed by atoms with Crippen molar-refractivity contribution >= 4 is 34.2 Å². The molecule has 1 aliphatic carbocycles. The average molecular weight is 407 g/mol. The van der Waals surface area contributed by atoms with Crippen molar-refractivity contribution < 1.29 is 14.3 Å². The number of benzene rings is 1. The van der Waals surface area contributed by atoms with Crippen LogP contribution in [0.1, 0.15) is 51.7 Å². The number of amides is 2. The molecule has 3 N–H and O–H groups in total. The maximum absolute atomic E-state index is 12.7. The van der Waals surface area contributed by atoms with Gasteiger partial charge in [0.2, 0.25) is 0 Å². The van der Waals surface area contributed by atoms with Crippen molar-refractivity contribution in [1.82, 2.24) is 0 Å². The fourth-order valence-electron chi connectivity index (χ4n) is 3.93. The zero-order chi connectivity index (χ0) is 20.5. The normalized spacial score (nSPS) is 17.7. The highest BCUT2D eigenvalue weighted by Gasteiger charge is 2.26. The molecule has 0 saturated heterocycles. The first kappa shape index (κ1) is 19.2. The molecule has 0 bridgehead atoms. The molecule has 1 aromatic heterocycles. The van der Waals surface area contributed by atoms with Crippen LogP contribution in [-0.2, 0) is 24.1 Å². The van der Waals surface area contributed by atoms with Gasteiger partial charge in [0, 0.05) is 11.3 Å². The van der Waals surface area contributed by atoms with Crippen LogP contribution in [0.15, 0.2) is 23.8 Å². The van der Waals surface area contributed by atoms with Crippen LogP contribution in [0.3, 0.4) is 0 Å². The molecule has 6 nitrogen and oxygen atoms in total. The monoisotopic (exact) mass is 407 g/mol. The highest BCUT2D eigenvalue weighted by molar-refractivity contribution is 7.17. The Bertz CT molecular complexity index is 1080. The van der Waals surface area contributed by atoms with E-state index in [4.69, 9.17) is 10.5 Å². The number of fused-ring (bicyclic) bond motifs is 2. The number of thiophene rings is 1. The lowest BCUT2D eigenvalue weighted by Crippen LogP contribution is -2.19. The number of nitrogens with two attached hydrogens (primary N) is 1. The van der Waals surface area contributed by atoms with Crippen LogP contribution in [0.5, 0.6) is 5.75 Å². The number of rotatable bonds is 4. The Morgan fingerprint density at radius 2 is 2.14 bits per heavy atom. The average Bonchev–Trinajstić information content (AvgIpc) is 3.24. The molecule has 0 radical (unpaired) electrons. The summed E-state index contributed by atoms with van der Waals surface area (Å²) in [6, 6.07) is 7.57. The van der Waals surface area contributed by atoms with E-state index in [1.807, 2.05) is 31.2 Å². The number of carbonyl (C=O) groups is 2. The topological polar surface area (TPSA) is 105 Å². The van der Waals surface area contributed by atoms with Crippen molar-refractivity contribution in [2.45, 2.75) is 45.1 Å². The van der Waals surface area contributed by atoms with Gasteiger partial charge in [0.1, 0.15) is 28.5 Å². The molecule has 29 heavy (non-hydrogen) atoms. The summed E-state index contributed by atoms with van der Waals surface area (Å²) >= 11 is 1.38. The quantitative estimate of drug-likeness (QED) is 0.597. The van der Waals surface area contributed by atoms with Crippen LogP contribution in [0, 0.1) is 11.3 Å². The fourth-order valence-corrected chi connectivity index (χ4v) is 5.22. The van der Waals surface area contributed by atoms with Gasteiger partial charge in [0.15, 0.2) is 0 Å². The molecule has 148 valence electrons. The number of nitriles is 1. The van der Waals surface area contributed by atoms with Crippen LogP contribution >= 0.6 is 11.3 Å². The molecule has 1 aliphatic heterocycles. The van der Waals surface area contributed by atoms with Crippen LogP contribution in [0.25, 0.3) is 6.08 Å². The van der Waals surface area contributed by atoms with Crippen molar-refractivity contribution in [3.05, 3.63) is 50.9 Å². The molecule has 1 atom stereocenters. The van der Waals surface area contributed by atoms with Crippen LogP contribution < -0.4 is 15.8 Å². The van der Waals surface area contributed by atoms with Gasteiger partial charge in [-0.05, 0) is 67.5 Å². The molecule has 0 fully saturated rings. The van der Waals surface area contributed by atoms with Crippen LogP contribution in [-0.4, -0.2) is 17.9 Å². The largest absolute Gasteiger partial charge is 0.490 e. The standard InChI is InChI=1S/C22H21N3O3S/c1-12-8-14-9-13(6-7-17(14)28-12)10-15(11-23)21(27)25-22-19(20(24)26)16-4-2-3-5-18(16)29-22/h6-7,9-10,12H,2-5,8H2,1H3,(H2,24,26)(H,25,27)/b15-10+/t12-/m1/s1. The number of hydrogen-bond donors (Lipinski definition) is 2. The molecule has 0 unspecified atom stereocenters. The molecule has 0 spiro atoms. The van der Waals surface area contributed by atoms with Gasteiger partial charge in [-0.25, -0.2) is 0 Å². The number of carbonyl (C=O) groups excluding carboxylic acids is 2. The van der Waals surface area contributed by atoms with Gasteiger partial charge >= 0.3 is 0 Å². The summed E-state index contributed by atoms with van der Waals surface area (Å²) in [4.78, 5) is 25.8. The number of hydrogen-bond acceptors (Lipinski definition) is 5. The summed E-state index contributed by atoms with van der Waals surface area (Å²) in [6.45, 7) is 2.00. The molecule has 2 amide bonds. The van der Waals surface area contributed by atoms with Crippen LogP contribution in [0.2, 0.25) is 0 Å². The second-order valence-corrected chi connectivity index (χ2v) is 8.51. The van der Waals surface area contributed by atoms with E-state index in [1.165, 1.54) is 11.3 Å². The maximum atomic E-state index is 12.7. The van der Waals surface area contributed by atoms with Gasteiger partial charge < -0.3 is 15.8 Å². The molecular weight excluding hydrogens is 386 g/mol. The Kier molecular flexibility index (Phi) is 5.12. The van der Waals surface area contributed by atoms with E-state index in [0.717, 1.165) is 59.4 Å². The minimum atomic E-state index is -0.546. The van der Waals surface area contributed by atoms with E-state index in [0.29, 0.717) is 10.6 Å². The van der Waals surface area contributed by atoms with Crippen molar-refractivity contribution in [3.63, 3.8) is 0 Å². The zero-order valence-corrected chi connectivity index (χ0v) is 16.9. The number of nitrogens with one attached hydrogen (secondary N) is 1. The summed E-state index contributed by atoms with van der Waals surface area (Å²) in [7, 11) is 0. The SMILES string of the molecule is C[C@@H]1Cc2cc(/C=C(\C#N)C(=O)Nc3sc4c(c3C(N)=O)CCCC4)ccc2O1. The first-order chi connectivity index (χ1) is 14.0. The minimum Gasteiger partial charge on any atom is -0.490 e. The number of aryl methyl sites for hydroxylation is 1. The molecule has 7 heteroatoms. The summed E-state index contributed by atoms with van der Waals surface area (Å²) in [6.07, 6.45) is 6.21. The first-order valence-electron chi connectivity index (χ1n) is 9.63. The first-order valence-corrected chi connectivity index (χ1v) is 10.4. The third-order valence-corrected chi connectivity index (χ3v) is 6.45. The number of ether oxygens (including phenoxy) is 1. The van der Waals surface area contributed by atoms with E-state index in [1.54, 1.807) is 6.08 Å². The number of anilines is 1. The van der Waals surface area contributed by atoms with E-state index in [-0.39, 0.29) is 11.7 Å². The minimum absolute atomic E-state index is 0.0290. The lowest BCUT2D eigenvalue weighted by atomic mass is 9.95. The van der Waals surface area contributed by atoms with Crippen molar-refractivity contribution in [1.29, 1.82) is 5.26 Å². The number of primary amides is 1. The molecular formula is C22H21N3O3S. The van der Waals surface area contributed by atoms with Gasteiger partial charge in [0.25, 0.3) is 11.8 Å². The van der Waals surface area contributed by atoms with E-state index in [2.05, 4.69) is 5.32 Å². The Hall–Kier alpha value is -3.11. The Morgan fingerprint density at radius 3 is 2.90 bits per heavy atom. The summed E-state index contributed by atoms with van der Waals surface area (Å²) in [5, 5.41) is 12.7. The predicted octanol–water partition coefficient (Wildman–Crippen LogP) is 3.59. The van der Waals surface area contributed by atoms with Gasteiger partial charge in [-0.2, -0.15) is 5.26 Å². The highest BCUT2D eigenvalue weighted by atomic mass is 32.1. The van der Waals surface area contributed by atoms with Crippen molar-refractivity contribution in [2.75, 3.05) is 5.32 Å². The molecule has 2 aliphatic rings. The molecule has 4 rings (SSSR count). The molecule has 2 aromatic rings. The van der Waals surface area contributed by atoms with E-state index >= 15 is 0 Å². The maximum Gasteiger partial charge on any atom is 0.266 e. The predicted molar refractivity (Wildman–Crippen MR) is 112 cm³/mol. The van der Waals surface area contributed by atoms with E-state index in [9.17, 15) is 14.9 Å². The molecule has 2 heterocycles. The van der Waals surface area contributed by atoms with Gasteiger partial charge in [-0.1, -0.05) is 6.07 Å². The second kappa shape index (κ2) is 7.72. The Labute approximate surface area is 173 Å². The molecule has 0 saturated carbocycles. The third-order valence-electron chi connectivity index (χ3n) is 5.24. The zero-order valence-electron chi connectivity index (χ0n) is 16.1. The van der Waals surface area contributed by atoms with Gasteiger partial charge in [0.05, 0.1) is 5.56 Å². The Morgan fingerprint density at radius 1 is 1.34 bits per heavy atom. The van der Waals surface area contributed by atoms with Crippen molar-refractivity contribution in [3.8, 4) is 11.8 Å². The Balaban J connectivity index is 1.60. The fraction of sp³-hybridized carbons (Fsp3) is 0.318. The smallest absolute Gasteiger partial charge is 0.266 e. The lowest BCUT2D eigenvalue weighted by molar-refractivity contribution is -0.112. The second-order valence-electron chi connectivity index (χ2n) is 7.40. The number of nitrogens with zero attached hydrogens (tertiary/aromatic N) is 1. The van der Waals surface area contributed by atoms with E-state index < -0.39 is 11.8 Å². The lowest BCUT2D eigenvalue weighted by Gasteiger charge is -2.11. The summed E-state index contributed by atoms with van der Waals surface area (Å²) in [5.41, 5.74) is 8.70. The van der Waals surface area contributed by atoms with Gasteiger partial charge in [-0.15, -0.1) is 11.3 Å². The van der Waals surface area contributed by atoms with Gasteiger partial charge in [-0.3, -0.25) is 9.59 Å². The highest BCUT2D eigenvalue weighted by Crippen LogP contribution is 2.38. The van der Waals surface area contributed by atoms with Crippen LogP contribution in [0.4, 0.5) is 5.00 Å².